The van der Waals surface area contributed by atoms with Crippen molar-refractivity contribution in [2.24, 2.45) is 0 Å². The lowest BCUT2D eigenvalue weighted by Crippen LogP contribution is -2.34. The molecule has 5 nitrogen and oxygen atoms in total. The molecular weight excluding hydrogens is 321 g/mol. The number of carbonyl (C=O) groups is 2. The van der Waals surface area contributed by atoms with E-state index in [2.05, 4.69) is 26.0 Å². The van der Waals surface area contributed by atoms with Gasteiger partial charge in [-0.2, -0.15) is 4.39 Å². The van der Waals surface area contributed by atoms with E-state index < -0.39 is 23.5 Å². The van der Waals surface area contributed by atoms with Crippen molar-refractivity contribution in [2.45, 2.75) is 33.3 Å². The van der Waals surface area contributed by atoms with Gasteiger partial charge in [-0.3, -0.25) is 0 Å². The Kier molecular flexibility index (Phi) is 7.66. The number of carbonyl (C=O) groups excluding carboxylic acids is 2. The molecule has 0 saturated carbocycles. The number of hydrogen-bond acceptors (Lipinski definition) is 4. The summed E-state index contributed by atoms with van der Waals surface area (Å²) in [5.41, 5.74) is -0.550. The maximum Gasteiger partial charge on any atom is 0.407 e. The van der Waals surface area contributed by atoms with Gasteiger partial charge in [-0.05, 0) is 27.7 Å². The third kappa shape index (κ3) is 7.81. The lowest BCUT2D eigenvalue weighted by atomic mass is 10.2. The van der Waals surface area contributed by atoms with Gasteiger partial charge in [0.15, 0.2) is 0 Å². The average molecular weight is 340 g/mol. The summed E-state index contributed by atoms with van der Waals surface area (Å²) in [6.07, 6.45) is -0.678. The van der Waals surface area contributed by atoms with E-state index in [1.807, 2.05) is 0 Å². The van der Waals surface area contributed by atoms with E-state index in [1.54, 1.807) is 27.7 Å². The largest absolute Gasteiger partial charge is 0.461 e. The molecule has 0 aliphatic carbocycles. The standard InChI is InChI=1S/C12H19BrFNO4/c1-5-18-10(16)9(14)8(6-13)7-15-11(17)19-12(2,3)4/h5-7H2,1-4H3,(H,15,17)/b9-8+. The molecule has 0 aromatic heterocycles. The van der Waals surface area contributed by atoms with Crippen molar-refractivity contribution in [3.8, 4) is 0 Å². The van der Waals surface area contributed by atoms with Crippen LogP contribution in [0.15, 0.2) is 11.4 Å². The molecule has 0 rings (SSSR count). The summed E-state index contributed by atoms with van der Waals surface area (Å²) in [4.78, 5) is 22.6. The molecular formula is C12H19BrFNO4. The van der Waals surface area contributed by atoms with Crippen LogP contribution >= 0.6 is 15.9 Å². The highest BCUT2D eigenvalue weighted by Crippen LogP contribution is 2.11. The van der Waals surface area contributed by atoms with Crippen LogP contribution in [0.2, 0.25) is 0 Å². The van der Waals surface area contributed by atoms with Crippen LogP contribution in [0.4, 0.5) is 9.18 Å². The minimum absolute atomic E-state index is 0.0846. The first-order chi connectivity index (χ1) is 8.71. The molecule has 19 heavy (non-hydrogen) atoms. The monoisotopic (exact) mass is 339 g/mol. The van der Waals surface area contributed by atoms with Crippen molar-refractivity contribution < 1.29 is 23.5 Å². The third-order valence-corrected chi connectivity index (χ3v) is 2.45. The summed E-state index contributed by atoms with van der Waals surface area (Å²) in [6, 6.07) is 0. The van der Waals surface area contributed by atoms with Gasteiger partial charge in [0, 0.05) is 17.4 Å². The molecule has 0 fully saturated rings. The fourth-order valence-electron chi connectivity index (χ4n) is 1.02. The molecule has 110 valence electrons. The molecule has 0 spiro atoms. The number of rotatable bonds is 5. The predicted molar refractivity (Wildman–Crippen MR) is 72.8 cm³/mol. The molecule has 0 radical (unpaired) electrons. The first-order valence-corrected chi connectivity index (χ1v) is 6.90. The fraction of sp³-hybridized carbons (Fsp3) is 0.667. The molecule has 7 heteroatoms. The van der Waals surface area contributed by atoms with Gasteiger partial charge in [-0.1, -0.05) is 15.9 Å². The number of amides is 1. The van der Waals surface area contributed by atoms with Crippen LogP contribution in [-0.2, 0) is 14.3 Å². The smallest absolute Gasteiger partial charge is 0.407 e. The number of hydrogen-bond donors (Lipinski definition) is 1. The van der Waals surface area contributed by atoms with Gasteiger partial charge >= 0.3 is 12.1 Å². The van der Waals surface area contributed by atoms with Crippen LogP contribution < -0.4 is 5.32 Å². The Hall–Kier alpha value is -1.11. The van der Waals surface area contributed by atoms with Gasteiger partial charge in [0.2, 0.25) is 5.83 Å². The van der Waals surface area contributed by atoms with Crippen LogP contribution in [-0.4, -0.2) is 36.1 Å². The molecule has 0 aromatic carbocycles. The van der Waals surface area contributed by atoms with Crippen molar-refractivity contribution in [3.05, 3.63) is 11.4 Å². The number of nitrogens with one attached hydrogen (secondary N) is 1. The number of ether oxygens (including phenoxy) is 2. The summed E-state index contributed by atoms with van der Waals surface area (Å²) in [6.45, 7) is 6.68. The Morgan fingerprint density at radius 3 is 2.32 bits per heavy atom. The van der Waals surface area contributed by atoms with E-state index >= 15 is 0 Å². The van der Waals surface area contributed by atoms with Crippen molar-refractivity contribution in [1.29, 1.82) is 0 Å². The first kappa shape index (κ1) is 17.9. The van der Waals surface area contributed by atoms with Crippen LogP contribution in [0.5, 0.6) is 0 Å². The maximum atomic E-state index is 13.6. The Morgan fingerprint density at radius 1 is 1.32 bits per heavy atom. The van der Waals surface area contributed by atoms with Gasteiger partial charge in [-0.15, -0.1) is 0 Å². The molecule has 0 bridgehead atoms. The maximum absolute atomic E-state index is 13.6. The highest BCUT2D eigenvalue weighted by atomic mass is 79.9. The van der Waals surface area contributed by atoms with Crippen molar-refractivity contribution >= 4 is 28.0 Å². The van der Waals surface area contributed by atoms with Gasteiger partial charge in [0.1, 0.15) is 5.60 Å². The zero-order valence-corrected chi connectivity index (χ0v) is 13.1. The summed E-state index contributed by atoms with van der Waals surface area (Å²) < 4.78 is 23.2. The van der Waals surface area contributed by atoms with E-state index in [0.29, 0.717) is 0 Å². The quantitative estimate of drug-likeness (QED) is 0.475. The predicted octanol–water partition coefficient (Wildman–Crippen LogP) is 2.69. The third-order valence-electron chi connectivity index (χ3n) is 1.77. The normalized spacial score (nSPS) is 12.5. The molecule has 0 aliphatic rings. The van der Waals surface area contributed by atoms with Crippen LogP contribution in [0.25, 0.3) is 0 Å². The van der Waals surface area contributed by atoms with E-state index in [1.165, 1.54) is 0 Å². The minimum Gasteiger partial charge on any atom is -0.461 e. The number of alkyl halides is 1. The fourth-order valence-corrected chi connectivity index (χ4v) is 1.46. The van der Waals surface area contributed by atoms with Crippen LogP contribution in [0, 0.1) is 0 Å². The lowest BCUT2D eigenvalue weighted by Gasteiger charge is -2.20. The molecule has 0 aliphatic heterocycles. The summed E-state index contributed by atoms with van der Waals surface area (Å²) >= 11 is 3.05. The van der Waals surface area contributed by atoms with Gasteiger partial charge in [-0.25, -0.2) is 9.59 Å². The highest BCUT2D eigenvalue weighted by Gasteiger charge is 2.19. The Morgan fingerprint density at radius 2 is 1.89 bits per heavy atom. The number of alkyl carbamates (subject to hydrolysis) is 1. The van der Waals surface area contributed by atoms with Crippen molar-refractivity contribution in [2.75, 3.05) is 18.5 Å². The minimum atomic E-state index is -1.04. The van der Waals surface area contributed by atoms with Crippen LogP contribution in [0.3, 0.4) is 0 Å². The van der Waals surface area contributed by atoms with Crippen LogP contribution in [0.1, 0.15) is 27.7 Å². The van der Waals surface area contributed by atoms with Gasteiger partial charge < -0.3 is 14.8 Å². The molecule has 0 unspecified atom stereocenters. The average Bonchev–Trinajstić information content (AvgIpc) is 2.27. The van der Waals surface area contributed by atoms with Crippen molar-refractivity contribution in [1.82, 2.24) is 5.32 Å². The Balaban J connectivity index is 4.53. The van der Waals surface area contributed by atoms with Crippen molar-refractivity contribution in [3.63, 3.8) is 0 Å². The molecule has 0 atom stereocenters. The Labute approximate surface area is 120 Å². The van der Waals surface area contributed by atoms with Gasteiger partial charge in [0.25, 0.3) is 0 Å². The number of esters is 1. The highest BCUT2D eigenvalue weighted by molar-refractivity contribution is 9.09. The molecule has 1 N–H and O–H groups in total. The second-order valence-electron chi connectivity index (χ2n) is 4.63. The topological polar surface area (TPSA) is 64.6 Å². The molecule has 1 amide bonds. The molecule has 0 saturated heterocycles. The second kappa shape index (κ2) is 8.14. The van der Waals surface area contributed by atoms with Gasteiger partial charge in [0.05, 0.1) is 6.61 Å². The van der Waals surface area contributed by atoms with E-state index in [-0.39, 0.29) is 24.1 Å². The van der Waals surface area contributed by atoms with E-state index in [0.717, 1.165) is 0 Å². The molecule has 0 aromatic rings. The Bertz CT molecular complexity index is 363. The summed E-state index contributed by atoms with van der Waals surface area (Å²) in [5.74, 6) is -2.04. The molecule has 0 heterocycles. The zero-order valence-electron chi connectivity index (χ0n) is 11.5. The SMILES string of the molecule is CCOC(=O)/C(F)=C(/CBr)CNC(=O)OC(C)(C)C. The lowest BCUT2D eigenvalue weighted by molar-refractivity contribution is -0.140. The van der Waals surface area contributed by atoms with E-state index in [9.17, 15) is 14.0 Å². The second-order valence-corrected chi connectivity index (χ2v) is 5.19. The summed E-state index contributed by atoms with van der Waals surface area (Å²) in [7, 11) is 0. The van der Waals surface area contributed by atoms with E-state index in [4.69, 9.17) is 4.74 Å². The zero-order chi connectivity index (χ0) is 15.1. The summed E-state index contributed by atoms with van der Waals surface area (Å²) in [5, 5.41) is 2.48. The number of halogens is 2. The first-order valence-electron chi connectivity index (χ1n) is 5.78.